The zero-order valence-corrected chi connectivity index (χ0v) is 14.3. The largest absolute Gasteiger partial charge is 0.355 e. The summed E-state index contributed by atoms with van der Waals surface area (Å²) in [5, 5.41) is 2.89. The van der Waals surface area contributed by atoms with Gasteiger partial charge >= 0.3 is 0 Å². The molecule has 0 spiro atoms. The number of hydrogen-bond acceptors (Lipinski definition) is 5. The van der Waals surface area contributed by atoms with Crippen molar-refractivity contribution < 1.29 is 19.2 Å². The molecule has 2 N–H and O–H groups in total. The van der Waals surface area contributed by atoms with Crippen molar-refractivity contribution in [3.63, 3.8) is 0 Å². The van der Waals surface area contributed by atoms with E-state index in [0.717, 1.165) is 19.3 Å². The van der Waals surface area contributed by atoms with Gasteiger partial charge in [-0.15, -0.1) is 0 Å². The fourth-order valence-corrected chi connectivity index (χ4v) is 4.09. The molecule has 3 fully saturated rings. The lowest BCUT2D eigenvalue weighted by Gasteiger charge is -2.43. The highest BCUT2D eigenvalue weighted by molar-refractivity contribution is 5.85. The van der Waals surface area contributed by atoms with Crippen molar-refractivity contribution in [2.24, 2.45) is 11.8 Å². The van der Waals surface area contributed by atoms with E-state index in [2.05, 4.69) is 17.7 Å². The lowest BCUT2D eigenvalue weighted by Crippen LogP contribution is -2.54. The van der Waals surface area contributed by atoms with Crippen molar-refractivity contribution in [2.45, 2.75) is 57.6 Å². The van der Waals surface area contributed by atoms with E-state index in [4.69, 9.17) is 4.84 Å². The Kier molecular flexibility index (Phi) is 5.50. The van der Waals surface area contributed by atoms with E-state index in [9.17, 15) is 14.4 Å². The molecule has 7 nitrogen and oxygen atoms in total. The van der Waals surface area contributed by atoms with Crippen molar-refractivity contribution in [1.82, 2.24) is 15.7 Å². The van der Waals surface area contributed by atoms with Gasteiger partial charge in [0, 0.05) is 38.4 Å². The summed E-state index contributed by atoms with van der Waals surface area (Å²) in [4.78, 5) is 42.3. The van der Waals surface area contributed by atoms with Crippen LogP contribution in [0.25, 0.3) is 0 Å². The highest BCUT2D eigenvalue weighted by Crippen LogP contribution is 2.35. The van der Waals surface area contributed by atoms with Crippen LogP contribution >= 0.6 is 0 Å². The minimum Gasteiger partial charge on any atom is -0.355 e. The molecule has 1 aliphatic carbocycles. The first kappa shape index (κ1) is 17.4. The molecular weight excluding hydrogens is 310 g/mol. The molecule has 2 aliphatic heterocycles. The van der Waals surface area contributed by atoms with Gasteiger partial charge in [0.05, 0.1) is 12.6 Å². The summed E-state index contributed by atoms with van der Waals surface area (Å²) in [6.07, 6.45) is 4.23. The third-order valence-corrected chi connectivity index (χ3v) is 5.63. The molecule has 0 bridgehead atoms. The van der Waals surface area contributed by atoms with Gasteiger partial charge in [0.15, 0.2) is 0 Å². The first-order valence-electron chi connectivity index (χ1n) is 9.02. The number of fused-ring (bicyclic) bond motifs is 1. The van der Waals surface area contributed by atoms with Crippen LogP contribution in [0, 0.1) is 11.8 Å². The van der Waals surface area contributed by atoms with Crippen molar-refractivity contribution in [3.8, 4) is 0 Å². The average molecular weight is 337 g/mol. The highest BCUT2D eigenvalue weighted by atomic mass is 16.7. The maximum atomic E-state index is 11.9. The van der Waals surface area contributed by atoms with Gasteiger partial charge in [-0.3, -0.25) is 19.2 Å². The van der Waals surface area contributed by atoms with Gasteiger partial charge in [-0.25, -0.2) is 0 Å². The number of hydroxylamine groups is 1. The minimum absolute atomic E-state index is 0.00623. The molecule has 0 aromatic rings. The Morgan fingerprint density at radius 1 is 1.38 bits per heavy atom. The summed E-state index contributed by atoms with van der Waals surface area (Å²) in [6, 6.07) is 0.174. The van der Waals surface area contributed by atoms with E-state index in [1.54, 1.807) is 4.90 Å². The van der Waals surface area contributed by atoms with Crippen LogP contribution in [-0.4, -0.2) is 54.3 Å². The molecule has 0 radical (unpaired) electrons. The number of likely N-dealkylation sites (tertiary alicyclic amines) is 1. The van der Waals surface area contributed by atoms with E-state index in [-0.39, 0.29) is 36.3 Å². The maximum absolute atomic E-state index is 11.9. The number of carbonyl (C=O) groups is 3. The SMILES string of the molecule is CC1C(CCNC(=O)CN2CCCC2=O)NOC2CC(=O)CCC21. The average Bonchev–Trinajstić information content (AvgIpc) is 2.94. The molecule has 4 unspecified atom stereocenters. The summed E-state index contributed by atoms with van der Waals surface area (Å²) in [5.74, 6) is 1.07. The van der Waals surface area contributed by atoms with E-state index in [1.165, 1.54) is 0 Å². The Labute approximate surface area is 142 Å². The summed E-state index contributed by atoms with van der Waals surface area (Å²) < 4.78 is 0. The molecule has 7 heteroatoms. The number of nitrogens with zero attached hydrogens (tertiary/aromatic N) is 1. The van der Waals surface area contributed by atoms with Gasteiger partial charge in [0.25, 0.3) is 0 Å². The van der Waals surface area contributed by atoms with Gasteiger partial charge in [-0.1, -0.05) is 6.92 Å². The van der Waals surface area contributed by atoms with Crippen LogP contribution in [0.15, 0.2) is 0 Å². The molecule has 24 heavy (non-hydrogen) atoms. The number of nitrogens with one attached hydrogen (secondary N) is 2. The van der Waals surface area contributed by atoms with E-state index in [1.807, 2.05) is 0 Å². The molecule has 2 heterocycles. The second-order valence-corrected chi connectivity index (χ2v) is 7.24. The Balaban J connectivity index is 1.39. The molecule has 3 rings (SSSR count). The van der Waals surface area contributed by atoms with Gasteiger partial charge < -0.3 is 10.2 Å². The summed E-state index contributed by atoms with van der Waals surface area (Å²) >= 11 is 0. The fraction of sp³-hybridized carbons (Fsp3) is 0.824. The second kappa shape index (κ2) is 7.61. The van der Waals surface area contributed by atoms with Crippen molar-refractivity contribution >= 4 is 17.6 Å². The van der Waals surface area contributed by atoms with Gasteiger partial charge in [-0.2, -0.15) is 5.48 Å². The molecule has 3 aliphatic rings. The molecular formula is C17H27N3O4. The van der Waals surface area contributed by atoms with Crippen molar-refractivity contribution in [3.05, 3.63) is 0 Å². The van der Waals surface area contributed by atoms with Crippen molar-refractivity contribution in [1.29, 1.82) is 0 Å². The monoisotopic (exact) mass is 337 g/mol. The Morgan fingerprint density at radius 2 is 2.21 bits per heavy atom. The van der Waals surface area contributed by atoms with E-state index >= 15 is 0 Å². The van der Waals surface area contributed by atoms with Crippen LogP contribution in [0.5, 0.6) is 0 Å². The van der Waals surface area contributed by atoms with Crippen LogP contribution < -0.4 is 10.8 Å². The third-order valence-electron chi connectivity index (χ3n) is 5.63. The number of amides is 2. The minimum atomic E-state index is -0.101. The van der Waals surface area contributed by atoms with Gasteiger partial charge in [-0.05, 0) is 31.1 Å². The maximum Gasteiger partial charge on any atom is 0.239 e. The normalized spacial score (nSPS) is 33.5. The Morgan fingerprint density at radius 3 is 2.96 bits per heavy atom. The van der Waals surface area contributed by atoms with Gasteiger partial charge in [0.1, 0.15) is 5.78 Å². The summed E-state index contributed by atoms with van der Waals surface area (Å²) in [5.41, 5.74) is 3.07. The Hall–Kier alpha value is -1.47. The summed E-state index contributed by atoms with van der Waals surface area (Å²) in [7, 11) is 0. The molecule has 0 aromatic carbocycles. The topological polar surface area (TPSA) is 87.7 Å². The lowest BCUT2D eigenvalue weighted by molar-refractivity contribution is -0.160. The predicted molar refractivity (Wildman–Crippen MR) is 86.7 cm³/mol. The molecule has 134 valence electrons. The van der Waals surface area contributed by atoms with Crippen LogP contribution in [-0.2, 0) is 19.2 Å². The van der Waals surface area contributed by atoms with E-state index in [0.29, 0.717) is 44.2 Å². The zero-order chi connectivity index (χ0) is 17.1. The number of hydrogen-bond donors (Lipinski definition) is 2. The number of carbonyl (C=O) groups excluding carboxylic acids is 3. The number of rotatable bonds is 5. The standard InChI is InChI=1S/C17H27N3O4/c1-11-13-5-4-12(21)9-15(13)24-19-14(11)6-7-18-16(22)10-20-8-2-3-17(20)23/h11,13-15,19H,2-10H2,1H3,(H,18,22). The molecule has 4 atom stereocenters. The third kappa shape index (κ3) is 3.95. The zero-order valence-electron chi connectivity index (χ0n) is 14.3. The van der Waals surface area contributed by atoms with Crippen LogP contribution in [0.3, 0.4) is 0 Å². The highest BCUT2D eigenvalue weighted by Gasteiger charge is 2.40. The second-order valence-electron chi connectivity index (χ2n) is 7.24. The predicted octanol–water partition coefficient (Wildman–Crippen LogP) is 0.392. The van der Waals surface area contributed by atoms with Crippen LogP contribution in [0.4, 0.5) is 0 Å². The molecule has 1 saturated carbocycles. The van der Waals surface area contributed by atoms with Gasteiger partial charge in [0.2, 0.25) is 11.8 Å². The summed E-state index contributed by atoms with van der Waals surface area (Å²) in [6.45, 7) is 3.60. The number of ketones is 1. The fourth-order valence-electron chi connectivity index (χ4n) is 4.09. The Bertz CT molecular complexity index is 510. The van der Waals surface area contributed by atoms with E-state index < -0.39 is 0 Å². The molecule has 2 saturated heterocycles. The number of Topliss-reactive ketones (excluding diaryl/α,β-unsaturated/α-hetero) is 1. The first-order valence-corrected chi connectivity index (χ1v) is 9.02. The van der Waals surface area contributed by atoms with Crippen LogP contribution in [0.1, 0.15) is 45.4 Å². The lowest BCUT2D eigenvalue weighted by atomic mass is 9.74. The van der Waals surface area contributed by atoms with Crippen molar-refractivity contribution in [2.75, 3.05) is 19.6 Å². The first-order chi connectivity index (χ1) is 11.5. The van der Waals surface area contributed by atoms with Crippen LogP contribution in [0.2, 0.25) is 0 Å². The molecule has 2 amide bonds. The molecule has 0 aromatic heterocycles. The smallest absolute Gasteiger partial charge is 0.239 e. The quantitative estimate of drug-likeness (QED) is 0.758.